The Bertz CT molecular complexity index is 978. The number of benzene rings is 2. The maximum absolute atomic E-state index is 14.5. The Morgan fingerprint density at radius 1 is 1.09 bits per heavy atom. The molecule has 8 heteroatoms. The van der Waals surface area contributed by atoms with E-state index in [9.17, 15) is 13.6 Å². The molecule has 176 valence electrons. The van der Waals surface area contributed by atoms with Crippen LogP contribution < -0.4 is 10.1 Å². The van der Waals surface area contributed by atoms with Gasteiger partial charge in [0.2, 0.25) is 5.91 Å². The number of hydrogen-bond acceptors (Lipinski definition) is 5. The first-order valence-corrected chi connectivity index (χ1v) is 11.6. The van der Waals surface area contributed by atoms with Gasteiger partial charge in [0.1, 0.15) is 12.4 Å². The van der Waals surface area contributed by atoms with Crippen molar-refractivity contribution in [3.05, 3.63) is 65.2 Å². The molecule has 2 heterocycles. The third kappa shape index (κ3) is 5.18. The van der Waals surface area contributed by atoms with Crippen LogP contribution in [0.2, 0.25) is 0 Å². The molecular weight excluding hydrogens is 428 g/mol. The number of amides is 1. The number of piperazine rings is 1. The van der Waals surface area contributed by atoms with Gasteiger partial charge in [-0.1, -0.05) is 30.3 Å². The molecule has 1 N–H and O–H groups in total. The highest BCUT2D eigenvalue weighted by Gasteiger charge is 2.41. The first-order valence-electron chi connectivity index (χ1n) is 11.6. The summed E-state index contributed by atoms with van der Waals surface area (Å²) in [7, 11) is 0. The van der Waals surface area contributed by atoms with Crippen LogP contribution in [0.4, 0.5) is 8.78 Å². The van der Waals surface area contributed by atoms with Gasteiger partial charge in [-0.05, 0) is 18.1 Å². The zero-order valence-corrected chi connectivity index (χ0v) is 18.5. The smallest absolute Gasteiger partial charge is 0.236 e. The van der Waals surface area contributed by atoms with E-state index in [0.717, 1.165) is 51.0 Å². The van der Waals surface area contributed by atoms with Crippen molar-refractivity contribution in [3.8, 4) is 5.75 Å². The van der Waals surface area contributed by atoms with E-state index >= 15 is 0 Å². The first-order chi connectivity index (χ1) is 16.1. The van der Waals surface area contributed by atoms with Crippen LogP contribution in [0.3, 0.4) is 0 Å². The van der Waals surface area contributed by atoms with E-state index in [1.54, 1.807) is 0 Å². The van der Waals surface area contributed by atoms with E-state index in [1.807, 2.05) is 35.2 Å². The Balaban J connectivity index is 1.14. The maximum Gasteiger partial charge on any atom is 0.236 e. The number of nitrogens with zero attached hydrogens (tertiary/aromatic N) is 2. The highest BCUT2D eigenvalue weighted by Crippen LogP contribution is 2.46. The summed E-state index contributed by atoms with van der Waals surface area (Å²) in [6.07, 6.45) is 0.716. The third-order valence-electron chi connectivity index (χ3n) is 6.77. The van der Waals surface area contributed by atoms with E-state index in [2.05, 4.69) is 10.2 Å². The molecule has 1 amide bonds. The lowest BCUT2D eigenvalue weighted by Crippen LogP contribution is -2.58. The van der Waals surface area contributed by atoms with Crippen molar-refractivity contribution in [3.63, 3.8) is 0 Å². The number of rotatable bonds is 8. The Morgan fingerprint density at radius 3 is 2.55 bits per heavy atom. The standard InChI is InChI=1S/C25H29F2N3O3/c26-18-10-21(25(22(27)11-18)33-14-17-4-2-1-3-5-17)20-12-23(20)28-13-24(31)30-8-6-29(7-9-30)19-15-32-16-19/h1-5,10-11,19-20,23,28H,6-9,12-16H2. The largest absolute Gasteiger partial charge is 0.486 e. The van der Waals surface area contributed by atoms with Crippen molar-refractivity contribution < 1.29 is 23.0 Å². The molecule has 2 unspecified atom stereocenters. The second-order valence-electron chi connectivity index (χ2n) is 9.02. The van der Waals surface area contributed by atoms with E-state index in [-0.39, 0.29) is 36.8 Å². The fourth-order valence-electron chi connectivity index (χ4n) is 4.60. The molecule has 2 aromatic rings. The molecule has 0 bridgehead atoms. The highest BCUT2D eigenvalue weighted by atomic mass is 19.1. The second kappa shape index (κ2) is 9.75. The maximum atomic E-state index is 14.5. The summed E-state index contributed by atoms with van der Waals surface area (Å²) in [4.78, 5) is 16.9. The van der Waals surface area contributed by atoms with Crippen molar-refractivity contribution in [1.29, 1.82) is 0 Å². The Morgan fingerprint density at radius 2 is 1.85 bits per heavy atom. The van der Waals surface area contributed by atoms with Crippen molar-refractivity contribution in [1.82, 2.24) is 15.1 Å². The molecule has 0 spiro atoms. The summed E-state index contributed by atoms with van der Waals surface area (Å²) in [5.41, 5.74) is 1.43. The fourth-order valence-corrected chi connectivity index (χ4v) is 4.60. The molecule has 2 atom stereocenters. The van der Waals surface area contributed by atoms with Crippen LogP contribution in [0.25, 0.3) is 0 Å². The zero-order chi connectivity index (χ0) is 22.8. The SMILES string of the molecule is O=C(CNC1CC1c1cc(F)cc(F)c1OCc1ccccc1)N1CCN(C2COC2)CC1. The molecule has 2 aliphatic heterocycles. The van der Waals surface area contributed by atoms with Gasteiger partial charge in [-0.15, -0.1) is 0 Å². The van der Waals surface area contributed by atoms with Crippen LogP contribution in [0.15, 0.2) is 42.5 Å². The molecule has 2 aromatic carbocycles. The average molecular weight is 458 g/mol. The minimum Gasteiger partial charge on any atom is -0.486 e. The van der Waals surface area contributed by atoms with Gasteiger partial charge in [-0.25, -0.2) is 8.78 Å². The molecule has 1 aliphatic carbocycles. The van der Waals surface area contributed by atoms with Crippen molar-refractivity contribution in [2.75, 3.05) is 45.9 Å². The first kappa shape index (κ1) is 22.3. The van der Waals surface area contributed by atoms with Crippen molar-refractivity contribution in [2.45, 2.75) is 31.0 Å². The molecule has 0 radical (unpaired) electrons. The van der Waals surface area contributed by atoms with Gasteiger partial charge in [0.25, 0.3) is 0 Å². The lowest BCUT2D eigenvalue weighted by atomic mass is 10.1. The quantitative estimate of drug-likeness (QED) is 0.660. The summed E-state index contributed by atoms with van der Waals surface area (Å²) in [6.45, 7) is 5.19. The number of nitrogens with one attached hydrogen (secondary N) is 1. The predicted molar refractivity (Wildman–Crippen MR) is 119 cm³/mol. The number of hydrogen-bond donors (Lipinski definition) is 1. The lowest BCUT2D eigenvalue weighted by Gasteiger charge is -2.42. The minimum atomic E-state index is -0.697. The number of halogens is 2. The summed E-state index contributed by atoms with van der Waals surface area (Å²) in [5, 5.41) is 3.27. The number of ether oxygens (including phenoxy) is 2. The monoisotopic (exact) mass is 457 g/mol. The van der Waals surface area contributed by atoms with Gasteiger partial charge >= 0.3 is 0 Å². The van der Waals surface area contributed by atoms with Crippen LogP contribution in [0.1, 0.15) is 23.5 Å². The van der Waals surface area contributed by atoms with E-state index in [1.165, 1.54) is 6.07 Å². The molecule has 3 aliphatic rings. The molecule has 0 aromatic heterocycles. The Labute approximate surface area is 192 Å². The highest BCUT2D eigenvalue weighted by molar-refractivity contribution is 5.78. The summed E-state index contributed by atoms with van der Waals surface area (Å²) >= 11 is 0. The van der Waals surface area contributed by atoms with Crippen molar-refractivity contribution >= 4 is 5.91 Å². The van der Waals surface area contributed by atoms with Gasteiger partial charge < -0.3 is 19.7 Å². The molecule has 33 heavy (non-hydrogen) atoms. The molecular formula is C25H29F2N3O3. The van der Waals surface area contributed by atoms with Gasteiger partial charge in [0.05, 0.1) is 25.8 Å². The van der Waals surface area contributed by atoms with Gasteiger partial charge in [-0.3, -0.25) is 9.69 Å². The van der Waals surface area contributed by atoms with Crippen molar-refractivity contribution in [2.24, 2.45) is 0 Å². The number of carbonyl (C=O) groups excluding carboxylic acids is 1. The Kier molecular flexibility index (Phi) is 6.57. The zero-order valence-electron chi connectivity index (χ0n) is 18.5. The van der Waals surface area contributed by atoms with E-state index in [0.29, 0.717) is 18.0 Å². The molecule has 6 nitrogen and oxygen atoms in total. The summed E-state index contributed by atoms with van der Waals surface area (Å²) in [5.74, 6) is -1.24. The molecule has 5 rings (SSSR count). The molecule has 1 saturated carbocycles. The topological polar surface area (TPSA) is 54.0 Å². The summed E-state index contributed by atoms with van der Waals surface area (Å²) < 4.78 is 39.5. The third-order valence-corrected chi connectivity index (χ3v) is 6.77. The van der Waals surface area contributed by atoms with Crippen LogP contribution in [0, 0.1) is 11.6 Å². The Hall–Kier alpha value is -2.55. The van der Waals surface area contributed by atoms with Gasteiger partial charge in [0.15, 0.2) is 11.6 Å². The minimum absolute atomic E-state index is 0.00244. The lowest BCUT2D eigenvalue weighted by molar-refractivity contribution is -0.134. The normalized spacial score (nSPS) is 23.3. The average Bonchev–Trinajstić information content (AvgIpc) is 3.56. The predicted octanol–water partition coefficient (Wildman–Crippen LogP) is 2.53. The number of carbonyl (C=O) groups is 1. The summed E-state index contributed by atoms with van der Waals surface area (Å²) in [6, 6.07) is 12.2. The van der Waals surface area contributed by atoms with E-state index in [4.69, 9.17) is 9.47 Å². The van der Waals surface area contributed by atoms with Gasteiger partial charge in [0, 0.05) is 49.8 Å². The van der Waals surface area contributed by atoms with Crippen LogP contribution in [0.5, 0.6) is 5.75 Å². The van der Waals surface area contributed by atoms with Gasteiger partial charge in [-0.2, -0.15) is 0 Å². The molecule has 3 fully saturated rings. The fraction of sp³-hybridized carbons (Fsp3) is 0.480. The van der Waals surface area contributed by atoms with E-state index < -0.39 is 11.6 Å². The van der Waals surface area contributed by atoms with Crippen LogP contribution >= 0.6 is 0 Å². The molecule has 2 saturated heterocycles. The van der Waals surface area contributed by atoms with Crippen LogP contribution in [-0.2, 0) is 16.1 Å². The second-order valence-corrected chi connectivity index (χ2v) is 9.02. The van der Waals surface area contributed by atoms with Crippen LogP contribution in [-0.4, -0.2) is 73.7 Å².